The summed E-state index contributed by atoms with van der Waals surface area (Å²) in [4.78, 5) is 65.8. The fraction of sp³-hybridized carbons (Fsp3) is 0.556. The van der Waals surface area contributed by atoms with E-state index in [0.29, 0.717) is 29.3 Å². The zero-order chi connectivity index (χ0) is 28.2. The molecule has 1 saturated carbocycles. The van der Waals surface area contributed by atoms with E-state index in [4.69, 9.17) is 11.6 Å². The Morgan fingerprint density at radius 3 is 2.58 bits per heavy atom. The number of halogens is 1. The molecule has 2 aliphatic heterocycles. The van der Waals surface area contributed by atoms with Crippen molar-refractivity contribution in [2.45, 2.75) is 64.1 Å². The van der Waals surface area contributed by atoms with Crippen LogP contribution in [0, 0.1) is 5.92 Å². The first-order valence-electron chi connectivity index (χ1n) is 13.8. The molecule has 0 unspecified atom stereocenters. The molecular weight excluding hydrogens is 554 g/mol. The number of hydrogen-bond acceptors (Lipinski definition) is 8. The van der Waals surface area contributed by atoms with E-state index in [0.717, 1.165) is 62.6 Å². The van der Waals surface area contributed by atoms with Crippen LogP contribution < -0.4 is 16.0 Å². The lowest BCUT2D eigenvalue weighted by molar-refractivity contribution is -0.138. The zero-order valence-corrected chi connectivity index (χ0v) is 24.0. The van der Waals surface area contributed by atoms with Crippen molar-refractivity contribution in [2.75, 3.05) is 31.5 Å². The van der Waals surface area contributed by atoms with Gasteiger partial charge in [0.15, 0.2) is 5.01 Å². The number of hydrogen-bond donors (Lipinski definition) is 3. The SMILES string of the molecule is CCN1CCc2nc(C(=O)N[C@@H]3C[C@@H](C(=O)N4CCCC4)CC[C@@H]3NC(=O)C(=O)Nc3ccc(Cl)cn3)sc2C1. The predicted molar refractivity (Wildman–Crippen MR) is 151 cm³/mol. The van der Waals surface area contributed by atoms with Crippen LogP contribution in [-0.4, -0.2) is 81.7 Å². The Labute approximate surface area is 242 Å². The van der Waals surface area contributed by atoms with E-state index in [-0.39, 0.29) is 23.6 Å². The highest BCUT2D eigenvalue weighted by Crippen LogP contribution is 2.29. The second kappa shape index (κ2) is 12.6. The largest absolute Gasteiger partial charge is 0.345 e. The van der Waals surface area contributed by atoms with E-state index in [2.05, 4.69) is 37.7 Å². The molecule has 3 aliphatic rings. The number of aromatic nitrogens is 2. The van der Waals surface area contributed by atoms with Crippen LogP contribution in [-0.2, 0) is 27.3 Å². The van der Waals surface area contributed by atoms with Crippen LogP contribution >= 0.6 is 22.9 Å². The molecule has 1 aliphatic carbocycles. The summed E-state index contributed by atoms with van der Waals surface area (Å²) in [7, 11) is 0. The molecule has 4 amide bonds. The van der Waals surface area contributed by atoms with Gasteiger partial charge in [-0.3, -0.25) is 24.1 Å². The van der Waals surface area contributed by atoms with Crippen molar-refractivity contribution in [1.29, 1.82) is 0 Å². The molecule has 5 rings (SSSR count). The second-order valence-electron chi connectivity index (χ2n) is 10.5. The first-order chi connectivity index (χ1) is 19.3. The summed E-state index contributed by atoms with van der Waals surface area (Å²) in [6.45, 7) is 6.26. The highest BCUT2D eigenvalue weighted by atomic mass is 35.5. The molecule has 3 atom stereocenters. The van der Waals surface area contributed by atoms with Gasteiger partial charge in [0.25, 0.3) is 5.91 Å². The van der Waals surface area contributed by atoms with Crippen molar-refractivity contribution >= 4 is 52.4 Å². The van der Waals surface area contributed by atoms with Crippen molar-refractivity contribution < 1.29 is 19.2 Å². The lowest BCUT2D eigenvalue weighted by Gasteiger charge is -2.37. The van der Waals surface area contributed by atoms with Crippen LogP contribution in [0.15, 0.2) is 18.3 Å². The second-order valence-corrected chi connectivity index (χ2v) is 12.0. The number of thiazole rings is 1. The van der Waals surface area contributed by atoms with Gasteiger partial charge in [0, 0.05) is 55.6 Å². The average Bonchev–Trinajstić information content (AvgIpc) is 3.65. The molecule has 214 valence electrons. The van der Waals surface area contributed by atoms with Gasteiger partial charge in [-0.05, 0) is 50.8 Å². The summed E-state index contributed by atoms with van der Waals surface area (Å²) in [5.74, 6) is -2.00. The van der Waals surface area contributed by atoms with Crippen LogP contribution in [0.3, 0.4) is 0 Å². The van der Waals surface area contributed by atoms with Gasteiger partial charge in [0.1, 0.15) is 5.82 Å². The summed E-state index contributed by atoms with van der Waals surface area (Å²) in [6, 6.07) is 2.01. The van der Waals surface area contributed by atoms with Crippen LogP contribution in [0.2, 0.25) is 5.02 Å². The molecule has 0 bridgehead atoms. The summed E-state index contributed by atoms with van der Waals surface area (Å²) in [5.41, 5.74) is 0.961. The topological polar surface area (TPSA) is 137 Å². The third kappa shape index (κ3) is 6.61. The van der Waals surface area contributed by atoms with Crippen LogP contribution in [0.4, 0.5) is 5.82 Å². The summed E-state index contributed by atoms with van der Waals surface area (Å²) in [6.07, 6.45) is 5.56. The molecule has 1 saturated heterocycles. The van der Waals surface area contributed by atoms with Crippen molar-refractivity contribution in [3.8, 4) is 0 Å². The number of rotatable bonds is 6. The lowest BCUT2D eigenvalue weighted by atomic mass is 9.81. The minimum Gasteiger partial charge on any atom is -0.345 e. The van der Waals surface area contributed by atoms with Gasteiger partial charge in [0.2, 0.25) is 5.91 Å². The monoisotopic (exact) mass is 587 g/mol. The maximum Gasteiger partial charge on any atom is 0.314 e. The van der Waals surface area contributed by atoms with E-state index in [9.17, 15) is 19.2 Å². The van der Waals surface area contributed by atoms with Crippen LogP contribution in [0.1, 0.15) is 59.4 Å². The van der Waals surface area contributed by atoms with Gasteiger partial charge in [-0.25, -0.2) is 9.97 Å². The number of likely N-dealkylation sites (tertiary alicyclic amines) is 1. The van der Waals surface area contributed by atoms with Gasteiger partial charge >= 0.3 is 11.8 Å². The molecule has 0 spiro atoms. The van der Waals surface area contributed by atoms with Crippen LogP contribution in [0.5, 0.6) is 0 Å². The van der Waals surface area contributed by atoms with Gasteiger partial charge < -0.3 is 20.9 Å². The Bertz CT molecular complexity index is 1260. The van der Waals surface area contributed by atoms with Gasteiger partial charge in [-0.1, -0.05) is 18.5 Å². The van der Waals surface area contributed by atoms with E-state index in [1.54, 1.807) is 6.07 Å². The van der Waals surface area contributed by atoms with E-state index in [1.165, 1.54) is 23.6 Å². The summed E-state index contributed by atoms with van der Waals surface area (Å²) < 4.78 is 0. The van der Waals surface area contributed by atoms with Gasteiger partial charge in [-0.15, -0.1) is 11.3 Å². The third-order valence-corrected chi connectivity index (χ3v) is 9.18. The Morgan fingerprint density at radius 1 is 1.05 bits per heavy atom. The number of carbonyl (C=O) groups excluding carboxylic acids is 4. The fourth-order valence-corrected chi connectivity index (χ4v) is 6.79. The first kappa shape index (κ1) is 28.4. The molecule has 13 heteroatoms. The molecule has 0 radical (unpaired) electrons. The summed E-state index contributed by atoms with van der Waals surface area (Å²) >= 11 is 7.23. The maximum atomic E-state index is 13.4. The fourth-order valence-electron chi connectivity index (χ4n) is 5.63. The smallest absolute Gasteiger partial charge is 0.314 e. The Morgan fingerprint density at radius 2 is 1.85 bits per heavy atom. The van der Waals surface area contributed by atoms with Gasteiger partial charge in [0.05, 0.1) is 16.8 Å². The minimum atomic E-state index is -0.872. The minimum absolute atomic E-state index is 0.0949. The number of carbonyl (C=O) groups is 4. The number of amides is 4. The molecule has 2 fully saturated rings. The zero-order valence-electron chi connectivity index (χ0n) is 22.5. The molecule has 2 aromatic rings. The number of nitrogens with one attached hydrogen (secondary N) is 3. The highest BCUT2D eigenvalue weighted by molar-refractivity contribution is 7.13. The maximum absolute atomic E-state index is 13.4. The summed E-state index contributed by atoms with van der Waals surface area (Å²) in [5, 5.41) is 9.08. The van der Waals surface area contributed by atoms with E-state index < -0.39 is 23.9 Å². The highest BCUT2D eigenvalue weighted by Gasteiger charge is 2.39. The molecule has 4 heterocycles. The Balaban J connectivity index is 1.27. The lowest BCUT2D eigenvalue weighted by Crippen LogP contribution is -2.57. The predicted octanol–water partition coefficient (Wildman–Crippen LogP) is 2.21. The number of nitrogens with zero attached hydrogens (tertiary/aromatic N) is 4. The van der Waals surface area contributed by atoms with E-state index in [1.807, 2.05) is 4.90 Å². The van der Waals surface area contributed by atoms with Crippen molar-refractivity contribution in [3.63, 3.8) is 0 Å². The standard InChI is InChI=1S/C27H34ClN7O4S/c1-2-34-12-9-19-21(15-34)40-26(32-19)25(38)31-20-13-16(27(39)35-10-3-4-11-35)5-7-18(20)30-23(36)24(37)33-22-8-6-17(28)14-29-22/h6,8,14,16,18,20H,2-5,7,9-13,15H2,1H3,(H,30,36)(H,31,38)(H,29,33,37)/t16-,18-,20+/m0/s1. The molecule has 3 N–H and O–H groups in total. The number of pyridine rings is 1. The Kier molecular flexibility index (Phi) is 8.97. The van der Waals surface area contributed by atoms with Crippen molar-refractivity contribution in [2.24, 2.45) is 5.92 Å². The van der Waals surface area contributed by atoms with Gasteiger partial charge in [-0.2, -0.15) is 0 Å². The third-order valence-electron chi connectivity index (χ3n) is 7.88. The van der Waals surface area contributed by atoms with Crippen LogP contribution in [0.25, 0.3) is 0 Å². The Hall–Kier alpha value is -3.09. The number of anilines is 1. The molecule has 2 aromatic heterocycles. The van der Waals surface area contributed by atoms with Crippen molar-refractivity contribution in [3.05, 3.63) is 38.9 Å². The normalized spacial score (nSPS) is 22.9. The quantitative estimate of drug-likeness (QED) is 0.441. The van der Waals surface area contributed by atoms with Crippen molar-refractivity contribution in [1.82, 2.24) is 30.4 Å². The first-order valence-corrected chi connectivity index (χ1v) is 15.0. The average molecular weight is 588 g/mol. The molecular formula is C27H34ClN7O4S. The number of fused-ring (bicyclic) bond motifs is 1. The molecule has 0 aromatic carbocycles. The number of likely N-dealkylation sites (N-methyl/N-ethyl adjacent to an activating group) is 1. The van der Waals surface area contributed by atoms with E-state index >= 15 is 0 Å². The molecule has 11 nitrogen and oxygen atoms in total. The molecule has 40 heavy (non-hydrogen) atoms.